The smallest absolute Gasteiger partial charge is 0.256 e. The van der Waals surface area contributed by atoms with Crippen LogP contribution in [0.25, 0.3) is 10.9 Å². The van der Waals surface area contributed by atoms with Crippen molar-refractivity contribution in [3.8, 4) is 23.0 Å². The minimum atomic E-state index is -0.593. The summed E-state index contributed by atoms with van der Waals surface area (Å²) in [6.45, 7) is 1.24. The number of methoxy groups -OCH3 is 2. The predicted octanol–water partition coefficient (Wildman–Crippen LogP) is 4.57. The van der Waals surface area contributed by atoms with E-state index in [2.05, 4.69) is 20.7 Å². The normalized spacial score (nSPS) is 13.8. The van der Waals surface area contributed by atoms with Crippen molar-refractivity contribution in [2.75, 3.05) is 32.8 Å². The van der Waals surface area contributed by atoms with Crippen molar-refractivity contribution in [2.45, 2.75) is 18.9 Å². The molecule has 0 bridgehead atoms. The van der Waals surface area contributed by atoms with Gasteiger partial charge in [0.25, 0.3) is 5.91 Å². The summed E-state index contributed by atoms with van der Waals surface area (Å²) in [6.07, 6.45) is 4.72. The third-order valence-electron chi connectivity index (χ3n) is 6.25. The van der Waals surface area contributed by atoms with E-state index in [1.54, 1.807) is 50.8 Å². The zero-order valence-corrected chi connectivity index (χ0v) is 21.3. The first kappa shape index (κ1) is 25.3. The quantitative estimate of drug-likeness (QED) is 0.347. The van der Waals surface area contributed by atoms with Crippen LogP contribution >= 0.6 is 0 Å². The number of benzene rings is 2. The lowest BCUT2D eigenvalue weighted by molar-refractivity contribution is 0.0697. The fourth-order valence-electron chi connectivity index (χ4n) is 4.31. The third-order valence-corrected chi connectivity index (χ3v) is 6.25. The van der Waals surface area contributed by atoms with E-state index in [4.69, 9.17) is 18.9 Å². The molecule has 0 radical (unpaired) electrons. The molecule has 198 valence electrons. The van der Waals surface area contributed by atoms with Gasteiger partial charge in [-0.1, -0.05) is 0 Å². The lowest BCUT2D eigenvalue weighted by Gasteiger charge is -2.23. The number of halogens is 1. The van der Waals surface area contributed by atoms with Gasteiger partial charge < -0.3 is 29.6 Å². The van der Waals surface area contributed by atoms with Crippen molar-refractivity contribution in [2.24, 2.45) is 7.05 Å². The number of amides is 1. The van der Waals surface area contributed by atoms with Crippen molar-refractivity contribution in [1.29, 1.82) is 0 Å². The Morgan fingerprint density at radius 2 is 1.82 bits per heavy atom. The number of nitrogens with zero attached hydrogens (tertiary/aromatic N) is 3. The number of hydrogen-bond donors (Lipinski definition) is 2. The molecule has 2 aromatic heterocycles. The first-order valence-corrected chi connectivity index (χ1v) is 12.1. The standard InChI is InChI=1S/C27H28FN5O5/c1-33-15-19(27(34)31-16-7-10-37-11-8-16)26(32-33)30-17-4-5-23(20(28)12-17)38-22-6-9-29-21-14-25(36-3)24(35-2)13-18(21)22/h4-6,9,12-16H,7-8,10-11H2,1-3H3,(H,30,32)(H,31,34). The van der Waals surface area contributed by atoms with Crippen molar-refractivity contribution >= 4 is 28.3 Å². The Bertz CT molecular complexity index is 1470. The minimum absolute atomic E-state index is 0.0244. The van der Waals surface area contributed by atoms with Crippen molar-refractivity contribution in [3.63, 3.8) is 0 Å². The SMILES string of the molecule is COc1cc2nccc(Oc3ccc(Nc4nn(C)cc4C(=O)NC4CCOCC4)cc3F)c2cc1OC. The van der Waals surface area contributed by atoms with Crippen molar-refractivity contribution in [1.82, 2.24) is 20.1 Å². The number of pyridine rings is 1. The second kappa shape index (κ2) is 10.9. The molecule has 0 atom stereocenters. The summed E-state index contributed by atoms with van der Waals surface area (Å²) in [5.41, 5.74) is 1.40. The molecule has 4 aromatic rings. The van der Waals surface area contributed by atoms with E-state index in [1.807, 2.05) is 0 Å². The van der Waals surface area contributed by atoms with Crippen LogP contribution in [0.1, 0.15) is 23.2 Å². The maximum atomic E-state index is 15.1. The Kier molecular flexibility index (Phi) is 7.27. The number of hydrogen-bond acceptors (Lipinski definition) is 8. The number of anilines is 2. The Morgan fingerprint density at radius 3 is 2.55 bits per heavy atom. The van der Waals surface area contributed by atoms with Crippen LogP contribution in [0, 0.1) is 5.82 Å². The lowest BCUT2D eigenvalue weighted by atomic mass is 10.1. The molecule has 0 saturated carbocycles. The summed E-state index contributed by atoms with van der Waals surface area (Å²) in [5.74, 6) is 0.954. The Hall–Kier alpha value is -4.38. The van der Waals surface area contributed by atoms with Gasteiger partial charge in [-0.25, -0.2) is 4.39 Å². The van der Waals surface area contributed by atoms with Crippen LogP contribution in [-0.4, -0.2) is 54.1 Å². The minimum Gasteiger partial charge on any atom is -0.493 e. The molecule has 0 aliphatic carbocycles. The molecule has 1 aliphatic rings. The van der Waals surface area contributed by atoms with E-state index < -0.39 is 5.82 Å². The van der Waals surface area contributed by atoms with Gasteiger partial charge in [-0.3, -0.25) is 14.5 Å². The lowest BCUT2D eigenvalue weighted by Crippen LogP contribution is -2.39. The second-order valence-electron chi connectivity index (χ2n) is 8.83. The molecule has 2 aromatic carbocycles. The summed E-state index contributed by atoms with van der Waals surface area (Å²) >= 11 is 0. The number of rotatable bonds is 8. The van der Waals surface area contributed by atoms with Gasteiger partial charge >= 0.3 is 0 Å². The number of carbonyl (C=O) groups excluding carboxylic acids is 1. The van der Waals surface area contributed by atoms with Crippen LogP contribution in [0.4, 0.5) is 15.9 Å². The topological polar surface area (TPSA) is 109 Å². The maximum absolute atomic E-state index is 15.1. The molecule has 3 heterocycles. The Labute approximate surface area is 218 Å². The molecule has 5 rings (SSSR count). The zero-order valence-electron chi connectivity index (χ0n) is 21.3. The van der Waals surface area contributed by atoms with E-state index in [0.29, 0.717) is 58.4 Å². The van der Waals surface area contributed by atoms with Crippen LogP contribution < -0.4 is 24.8 Å². The van der Waals surface area contributed by atoms with E-state index >= 15 is 4.39 Å². The molecule has 0 spiro atoms. The molecule has 0 unspecified atom stereocenters. The molecule has 1 saturated heterocycles. The van der Waals surface area contributed by atoms with Gasteiger partial charge in [0, 0.05) is 61.9 Å². The van der Waals surface area contributed by atoms with Gasteiger partial charge in [0.15, 0.2) is 28.9 Å². The van der Waals surface area contributed by atoms with Crippen LogP contribution in [0.3, 0.4) is 0 Å². The number of aromatic nitrogens is 3. The van der Waals surface area contributed by atoms with Crippen LogP contribution in [0.5, 0.6) is 23.0 Å². The van der Waals surface area contributed by atoms with Crippen molar-refractivity contribution < 1.29 is 28.1 Å². The van der Waals surface area contributed by atoms with Gasteiger partial charge in [-0.15, -0.1) is 0 Å². The number of fused-ring (bicyclic) bond motifs is 1. The predicted molar refractivity (Wildman–Crippen MR) is 139 cm³/mol. The van der Waals surface area contributed by atoms with Crippen molar-refractivity contribution in [3.05, 3.63) is 60.2 Å². The summed E-state index contributed by atoms with van der Waals surface area (Å²) < 4.78 is 38.7. The number of aryl methyl sites for hydroxylation is 1. The van der Waals surface area contributed by atoms with Gasteiger partial charge in [0.2, 0.25) is 0 Å². The van der Waals surface area contributed by atoms with Crippen LogP contribution in [0.15, 0.2) is 48.8 Å². The second-order valence-corrected chi connectivity index (χ2v) is 8.83. The summed E-state index contributed by atoms with van der Waals surface area (Å²) in [7, 11) is 4.80. The first-order valence-electron chi connectivity index (χ1n) is 12.1. The molecule has 11 heteroatoms. The highest BCUT2D eigenvalue weighted by molar-refractivity contribution is 5.99. The molecule has 2 N–H and O–H groups in total. The van der Waals surface area contributed by atoms with E-state index in [1.165, 1.54) is 23.9 Å². The molecule has 1 amide bonds. The van der Waals surface area contributed by atoms with Gasteiger partial charge in [-0.2, -0.15) is 5.10 Å². The van der Waals surface area contributed by atoms with E-state index in [0.717, 1.165) is 12.8 Å². The monoisotopic (exact) mass is 521 g/mol. The van der Waals surface area contributed by atoms with Gasteiger partial charge in [-0.05, 0) is 37.1 Å². The average molecular weight is 522 g/mol. The third kappa shape index (κ3) is 5.32. The average Bonchev–Trinajstić information content (AvgIpc) is 3.30. The summed E-state index contributed by atoms with van der Waals surface area (Å²) in [4.78, 5) is 17.2. The molecule has 10 nitrogen and oxygen atoms in total. The van der Waals surface area contributed by atoms with Crippen LogP contribution in [-0.2, 0) is 11.8 Å². The maximum Gasteiger partial charge on any atom is 0.256 e. The number of ether oxygens (including phenoxy) is 4. The molecular formula is C27H28FN5O5. The zero-order chi connectivity index (χ0) is 26.6. The molecular weight excluding hydrogens is 493 g/mol. The highest BCUT2D eigenvalue weighted by Gasteiger charge is 2.21. The summed E-state index contributed by atoms with van der Waals surface area (Å²) in [6, 6.07) is 9.61. The number of nitrogens with one attached hydrogen (secondary N) is 2. The highest BCUT2D eigenvalue weighted by atomic mass is 19.1. The van der Waals surface area contributed by atoms with E-state index in [9.17, 15) is 4.79 Å². The Morgan fingerprint density at radius 1 is 1.05 bits per heavy atom. The molecule has 1 fully saturated rings. The van der Waals surface area contributed by atoms with Crippen LogP contribution in [0.2, 0.25) is 0 Å². The first-order chi connectivity index (χ1) is 18.4. The molecule has 1 aliphatic heterocycles. The molecule has 38 heavy (non-hydrogen) atoms. The Balaban J connectivity index is 1.35. The largest absolute Gasteiger partial charge is 0.493 e. The fraction of sp³-hybridized carbons (Fsp3) is 0.296. The van der Waals surface area contributed by atoms with Gasteiger partial charge in [0.05, 0.1) is 19.7 Å². The summed E-state index contributed by atoms with van der Waals surface area (Å²) in [5, 5.41) is 11.1. The van der Waals surface area contributed by atoms with Gasteiger partial charge in [0.1, 0.15) is 11.3 Å². The number of carbonyl (C=O) groups is 1. The highest BCUT2D eigenvalue weighted by Crippen LogP contribution is 2.37. The fourth-order valence-corrected chi connectivity index (χ4v) is 4.31. The van der Waals surface area contributed by atoms with E-state index in [-0.39, 0.29) is 17.7 Å².